The quantitative estimate of drug-likeness (QED) is 0.946. The van der Waals surface area contributed by atoms with Crippen LogP contribution in [0.2, 0.25) is 0 Å². The molecule has 1 unspecified atom stereocenters. The lowest BCUT2D eigenvalue weighted by Gasteiger charge is -2.41. The van der Waals surface area contributed by atoms with Crippen LogP contribution in [0.4, 0.5) is 0 Å². The molecule has 2 aromatic rings. The normalized spacial score (nSPS) is 23.9. The Kier molecular flexibility index (Phi) is 4.39. The summed E-state index contributed by atoms with van der Waals surface area (Å²) in [5.74, 6) is 1.02. The maximum absolute atomic E-state index is 5.76. The molecule has 0 radical (unpaired) electrons. The van der Waals surface area contributed by atoms with Crippen molar-refractivity contribution in [3.63, 3.8) is 0 Å². The van der Waals surface area contributed by atoms with Crippen molar-refractivity contribution in [3.05, 3.63) is 36.5 Å². The van der Waals surface area contributed by atoms with Crippen molar-refractivity contribution in [2.24, 2.45) is 0 Å². The van der Waals surface area contributed by atoms with Gasteiger partial charge in [0.1, 0.15) is 5.82 Å². The number of ether oxygens (including phenoxy) is 1. The van der Waals surface area contributed by atoms with Crippen LogP contribution in [0, 0.1) is 0 Å². The monoisotopic (exact) mass is 312 g/mol. The van der Waals surface area contributed by atoms with Crippen molar-refractivity contribution in [2.75, 3.05) is 19.8 Å². The second kappa shape index (κ2) is 6.81. The Morgan fingerprint density at radius 1 is 1.17 bits per heavy atom. The van der Waals surface area contributed by atoms with Crippen LogP contribution in [0.25, 0.3) is 11.3 Å². The highest BCUT2D eigenvalue weighted by Gasteiger charge is 2.32. The molecule has 0 aromatic carbocycles. The number of rotatable bonds is 3. The average molecular weight is 312 g/mol. The Morgan fingerprint density at radius 2 is 2.09 bits per heavy atom. The summed E-state index contributed by atoms with van der Waals surface area (Å²) in [4.78, 5) is 15.0. The third-order valence-corrected chi connectivity index (χ3v) is 5.10. The van der Waals surface area contributed by atoms with Crippen LogP contribution in [0.15, 0.2) is 30.7 Å². The van der Waals surface area contributed by atoms with E-state index in [1.54, 1.807) is 6.20 Å². The first-order chi connectivity index (χ1) is 11.4. The Morgan fingerprint density at radius 3 is 2.91 bits per heavy atom. The lowest BCUT2D eigenvalue weighted by atomic mass is 9.93. The van der Waals surface area contributed by atoms with Crippen LogP contribution in [-0.4, -0.2) is 45.7 Å². The van der Waals surface area contributed by atoms with Crippen molar-refractivity contribution >= 4 is 0 Å². The maximum Gasteiger partial charge on any atom is 0.126 e. The Labute approximate surface area is 137 Å². The minimum atomic E-state index is 0.247. The minimum Gasteiger partial charge on any atom is -0.378 e. The van der Waals surface area contributed by atoms with Gasteiger partial charge in [0.15, 0.2) is 0 Å². The number of aromatic nitrogens is 3. The van der Waals surface area contributed by atoms with Gasteiger partial charge in [-0.1, -0.05) is 19.3 Å². The van der Waals surface area contributed by atoms with Crippen LogP contribution in [0.5, 0.6) is 0 Å². The molecule has 0 bridgehead atoms. The zero-order chi connectivity index (χ0) is 15.5. The van der Waals surface area contributed by atoms with Crippen molar-refractivity contribution in [2.45, 2.75) is 44.2 Å². The van der Waals surface area contributed by atoms with E-state index in [0.29, 0.717) is 6.04 Å². The van der Waals surface area contributed by atoms with Gasteiger partial charge in [0.25, 0.3) is 0 Å². The van der Waals surface area contributed by atoms with Crippen molar-refractivity contribution < 1.29 is 4.74 Å². The fourth-order valence-electron chi connectivity index (χ4n) is 3.88. The van der Waals surface area contributed by atoms with Gasteiger partial charge in [-0.2, -0.15) is 0 Å². The molecular formula is C18H24N4O. The van der Waals surface area contributed by atoms with Crippen LogP contribution < -0.4 is 0 Å². The highest BCUT2D eigenvalue weighted by atomic mass is 16.5. The van der Waals surface area contributed by atoms with Crippen molar-refractivity contribution in [1.82, 2.24) is 19.9 Å². The van der Waals surface area contributed by atoms with Gasteiger partial charge in [0.2, 0.25) is 0 Å². The maximum atomic E-state index is 5.76. The van der Waals surface area contributed by atoms with Gasteiger partial charge in [0.05, 0.1) is 31.1 Å². The predicted molar refractivity (Wildman–Crippen MR) is 89.0 cm³/mol. The Bertz CT molecular complexity index is 621. The molecule has 0 amide bonds. The molecule has 1 saturated heterocycles. The number of imidazole rings is 1. The van der Waals surface area contributed by atoms with Crippen LogP contribution in [0.1, 0.15) is 44.0 Å². The van der Waals surface area contributed by atoms with Crippen molar-refractivity contribution in [1.29, 1.82) is 0 Å². The molecule has 122 valence electrons. The summed E-state index contributed by atoms with van der Waals surface area (Å²) >= 11 is 0. The Hall–Kier alpha value is -1.72. The van der Waals surface area contributed by atoms with E-state index in [2.05, 4.69) is 25.9 Å². The SMILES string of the molecule is c1cncc(-c2cnc(C3COCCN3C3CCCCC3)[nH]2)c1. The number of pyridine rings is 1. The molecule has 23 heavy (non-hydrogen) atoms. The molecule has 1 aliphatic heterocycles. The van der Waals surface area contributed by atoms with Gasteiger partial charge in [-0.05, 0) is 25.0 Å². The van der Waals surface area contributed by atoms with E-state index in [1.165, 1.54) is 32.1 Å². The number of H-pyrrole nitrogens is 1. The van der Waals surface area contributed by atoms with E-state index in [-0.39, 0.29) is 6.04 Å². The van der Waals surface area contributed by atoms with Gasteiger partial charge < -0.3 is 9.72 Å². The van der Waals surface area contributed by atoms with E-state index in [9.17, 15) is 0 Å². The second-order valence-corrected chi connectivity index (χ2v) is 6.54. The van der Waals surface area contributed by atoms with E-state index in [0.717, 1.165) is 36.8 Å². The fraction of sp³-hybridized carbons (Fsp3) is 0.556. The van der Waals surface area contributed by atoms with Gasteiger partial charge >= 0.3 is 0 Å². The summed E-state index contributed by atoms with van der Waals surface area (Å²) < 4.78 is 5.76. The summed E-state index contributed by atoms with van der Waals surface area (Å²) in [6.45, 7) is 2.58. The molecule has 2 fully saturated rings. The summed E-state index contributed by atoms with van der Waals surface area (Å²) in [5.41, 5.74) is 2.11. The second-order valence-electron chi connectivity index (χ2n) is 6.54. The molecule has 0 spiro atoms. The topological polar surface area (TPSA) is 54.0 Å². The molecule has 3 heterocycles. The number of hydrogen-bond donors (Lipinski definition) is 1. The number of nitrogens with zero attached hydrogens (tertiary/aromatic N) is 3. The Balaban J connectivity index is 1.56. The molecule has 2 aliphatic rings. The highest BCUT2D eigenvalue weighted by molar-refractivity contribution is 5.56. The minimum absolute atomic E-state index is 0.247. The first-order valence-electron chi connectivity index (χ1n) is 8.70. The predicted octanol–water partition coefficient (Wildman–Crippen LogP) is 3.18. The summed E-state index contributed by atoms with van der Waals surface area (Å²) in [7, 11) is 0. The first kappa shape index (κ1) is 14.8. The molecule has 5 nitrogen and oxygen atoms in total. The third-order valence-electron chi connectivity index (χ3n) is 5.10. The molecular weight excluding hydrogens is 288 g/mol. The lowest BCUT2D eigenvalue weighted by Crippen LogP contribution is -2.46. The van der Waals surface area contributed by atoms with Crippen molar-refractivity contribution in [3.8, 4) is 11.3 Å². The van der Waals surface area contributed by atoms with E-state index >= 15 is 0 Å². The highest BCUT2D eigenvalue weighted by Crippen LogP contribution is 2.32. The van der Waals surface area contributed by atoms with E-state index < -0.39 is 0 Å². The van der Waals surface area contributed by atoms with Gasteiger partial charge in [0, 0.05) is 30.5 Å². The average Bonchev–Trinajstić information content (AvgIpc) is 3.13. The molecule has 1 saturated carbocycles. The van der Waals surface area contributed by atoms with Gasteiger partial charge in [-0.15, -0.1) is 0 Å². The third kappa shape index (κ3) is 3.16. The summed E-state index contributed by atoms with van der Waals surface area (Å²) in [5, 5.41) is 0. The standard InChI is InChI=1S/C18H24N4O/c1-2-6-15(7-3-1)22-9-10-23-13-17(22)18-20-12-16(21-18)14-5-4-8-19-11-14/h4-5,8,11-12,15,17H,1-3,6-7,9-10,13H2,(H,20,21). The lowest BCUT2D eigenvalue weighted by molar-refractivity contribution is -0.0400. The smallest absolute Gasteiger partial charge is 0.126 e. The van der Waals surface area contributed by atoms with E-state index in [4.69, 9.17) is 4.74 Å². The van der Waals surface area contributed by atoms with Crippen LogP contribution in [-0.2, 0) is 4.74 Å². The molecule has 1 atom stereocenters. The molecule has 4 rings (SSSR count). The summed E-state index contributed by atoms with van der Waals surface area (Å²) in [6.07, 6.45) is 12.3. The van der Waals surface area contributed by atoms with Crippen LogP contribution in [0.3, 0.4) is 0 Å². The summed E-state index contributed by atoms with van der Waals surface area (Å²) in [6, 6.07) is 4.94. The zero-order valence-electron chi connectivity index (χ0n) is 13.4. The molecule has 2 aromatic heterocycles. The zero-order valence-corrected chi connectivity index (χ0v) is 13.4. The first-order valence-corrected chi connectivity index (χ1v) is 8.70. The number of nitrogens with one attached hydrogen (secondary N) is 1. The molecule has 5 heteroatoms. The fourth-order valence-corrected chi connectivity index (χ4v) is 3.88. The van der Waals surface area contributed by atoms with Gasteiger partial charge in [-0.3, -0.25) is 9.88 Å². The molecule has 1 aliphatic carbocycles. The largest absolute Gasteiger partial charge is 0.378 e. The number of morpholine rings is 1. The number of aromatic amines is 1. The van der Waals surface area contributed by atoms with Gasteiger partial charge in [-0.25, -0.2) is 4.98 Å². The molecule has 1 N–H and O–H groups in total. The van der Waals surface area contributed by atoms with E-state index in [1.807, 2.05) is 18.5 Å². The number of hydrogen-bond acceptors (Lipinski definition) is 4. The van der Waals surface area contributed by atoms with Crippen LogP contribution >= 0.6 is 0 Å².